The van der Waals surface area contributed by atoms with Crippen LogP contribution in [0.15, 0.2) is 18.2 Å². The van der Waals surface area contributed by atoms with Crippen LogP contribution < -0.4 is 10.1 Å². The Morgan fingerprint density at radius 3 is 2.79 bits per heavy atom. The summed E-state index contributed by atoms with van der Waals surface area (Å²) in [6.07, 6.45) is 0. The SMILES string of the molecule is COc1cccc2c1C(Br)(Br)C(=O)N2. The fourth-order valence-corrected chi connectivity index (χ4v) is 2.46. The minimum atomic E-state index is -0.873. The second-order valence-corrected chi connectivity index (χ2v) is 6.35. The van der Waals surface area contributed by atoms with E-state index in [9.17, 15) is 4.79 Å². The monoisotopic (exact) mass is 319 g/mol. The number of alkyl halides is 2. The van der Waals surface area contributed by atoms with Gasteiger partial charge in [-0.15, -0.1) is 0 Å². The van der Waals surface area contributed by atoms with E-state index in [0.717, 1.165) is 11.3 Å². The lowest BCUT2D eigenvalue weighted by molar-refractivity contribution is -0.115. The number of halogens is 2. The molecule has 3 nitrogen and oxygen atoms in total. The molecule has 1 amide bonds. The molecule has 1 aliphatic rings. The predicted octanol–water partition coefficient (Wildman–Crippen LogP) is 2.59. The van der Waals surface area contributed by atoms with Crippen molar-refractivity contribution in [3.63, 3.8) is 0 Å². The number of hydrogen-bond acceptors (Lipinski definition) is 2. The van der Waals surface area contributed by atoms with Gasteiger partial charge < -0.3 is 10.1 Å². The first-order chi connectivity index (χ1) is 6.57. The highest BCUT2D eigenvalue weighted by Gasteiger charge is 2.44. The van der Waals surface area contributed by atoms with E-state index in [2.05, 4.69) is 37.2 Å². The highest BCUT2D eigenvalue weighted by molar-refractivity contribution is 9.25. The van der Waals surface area contributed by atoms with Gasteiger partial charge in [-0.3, -0.25) is 4.79 Å². The van der Waals surface area contributed by atoms with Gasteiger partial charge in [0, 0.05) is 0 Å². The van der Waals surface area contributed by atoms with Gasteiger partial charge >= 0.3 is 0 Å². The smallest absolute Gasteiger partial charge is 0.256 e. The van der Waals surface area contributed by atoms with E-state index in [4.69, 9.17) is 4.74 Å². The maximum Gasteiger partial charge on any atom is 0.256 e. The van der Waals surface area contributed by atoms with Crippen LogP contribution in [0.1, 0.15) is 5.56 Å². The van der Waals surface area contributed by atoms with Crippen LogP contribution in [-0.4, -0.2) is 13.0 Å². The second-order valence-electron chi connectivity index (χ2n) is 2.91. The minimum Gasteiger partial charge on any atom is -0.496 e. The summed E-state index contributed by atoms with van der Waals surface area (Å²) in [7, 11) is 1.58. The van der Waals surface area contributed by atoms with Crippen molar-refractivity contribution in [1.82, 2.24) is 0 Å². The Bertz CT molecular complexity index is 404. The number of benzene rings is 1. The third kappa shape index (κ3) is 1.26. The van der Waals surface area contributed by atoms with Crippen LogP contribution >= 0.6 is 31.9 Å². The average molecular weight is 321 g/mol. The molecule has 0 spiro atoms. The summed E-state index contributed by atoms with van der Waals surface area (Å²) in [5.41, 5.74) is 1.55. The number of fused-ring (bicyclic) bond motifs is 1. The Balaban J connectivity index is 2.66. The summed E-state index contributed by atoms with van der Waals surface area (Å²) in [5.74, 6) is 0.534. The molecule has 1 aromatic carbocycles. The highest BCUT2D eigenvalue weighted by atomic mass is 79.9. The van der Waals surface area contributed by atoms with Crippen LogP contribution in [-0.2, 0) is 8.03 Å². The highest BCUT2D eigenvalue weighted by Crippen LogP contribution is 2.51. The maximum atomic E-state index is 11.6. The van der Waals surface area contributed by atoms with Crippen LogP contribution in [0.25, 0.3) is 0 Å². The first kappa shape index (κ1) is 9.98. The molecule has 0 radical (unpaired) electrons. The molecule has 0 saturated carbocycles. The summed E-state index contributed by atoms with van der Waals surface area (Å²) in [5, 5.41) is 2.75. The summed E-state index contributed by atoms with van der Waals surface area (Å²) < 4.78 is 4.32. The molecule has 14 heavy (non-hydrogen) atoms. The van der Waals surface area contributed by atoms with Crippen LogP contribution in [0.4, 0.5) is 5.69 Å². The van der Waals surface area contributed by atoms with E-state index < -0.39 is 3.23 Å². The normalized spacial score (nSPS) is 17.5. The van der Waals surface area contributed by atoms with Gasteiger partial charge in [0.05, 0.1) is 18.4 Å². The van der Waals surface area contributed by atoms with Gasteiger partial charge in [0.25, 0.3) is 5.91 Å². The molecule has 1 heterocycles. The molecule has 0 aromatic heterocycles. The summed E-state index contributed by atoms with van der Waals surface area (Å²) in [6, 6.07) is 5.48. The van der Waals surface area contributed by atoms with Gasteiger partial charge in [-0.05, 0) is 12.1 Å². The molecule has 0 atom stereocenters. The lowest BCUT2D eigenvalue weighted by atomic mass is 10.1. The molecule has 1 N–H and O–H groups in total. The van der Waals surface area contributed by atoms with Crippen molar-refractivity contribution in [2.75, 3.05) is 12.4 Å². The number of amides is 1. The molecule has 0 aliphatic carbocycles. The van der Waals surface area contributed by atoms with Crippen molar-refractivity contribution in [1.29, 1.82) is 0 Å². The van der Waals surface area contributed by atoms with Crippen LogP contribution in [0.2, 0.25) is 0 Å². The van der Waals surface area contributed by atoms with E-state index in [1.165, 1.54) is 0 Å². The summed E-state index contributed by atoms with van der Waals surface area (Å²) in [4.78, 5) is 11.6. The Labute approximate surface area is 98.1 Å². The number of nitrogens with one attached hydrogen (secondary N) is 1. The van der Waals surface area contributed by atoms with Gasteiger partial charge in [-0.25, -0.2) is 0 Å². The lowest BCUT2D eigenvalue weighted by Crippen LogP contribution is -2.20. The number of methoxy groups -OCH3 is 1. The molecule has 1 aliphatic heterocycles. The lowest BCUT2D eigenvalue weighted by Gasteiger charge is -2.13. The summed E-state index contributed by atoms with van der Waals surface area (Å²) in [6.45, 7) is 0. The van der Waals surface area contributed by atoms with Crippen LogP contribution in [0.5, 0.6) is 5.75 Å². The van der Waals surface area contributed by atoms with E-state index >= 15 is 0 Å². The zero-order chi connectivity index (χ0) is 10.3. The van der Waals surface area contributed by atoms with E-state index in [0.29, 0.717) is 5.75 Å². The third-order valence-corrected chi connectivity index (χ3v) is 3.61. The number of carbonyl (C=O) groups is 1. The van der Waals surface area contributed by atoms with Crippen molar-refractivity contribution >= 4 is 43.5 Å². The van der Waals surface area contributed by atoms with E-state index in [1.54, 1.807) is 7.11 Å². The topological polar surface area (TPSA) is 38.3 Å². The fourth-order valence-electron chi connectivity index (χ4n) is 1.44. The minimum absolute atomic E-state index is 0.142. The molecular weight excluding hydrogens is 314 g/mol. The van der Waals surface area contributed by atoms with Crippen LogP contribution in [0, 0.1) is 0 Å². The van der Waals surface area contributed by atoms with Crippen molar-refractivity contribution < 1.29 is 9.53 Å². The molecule has 5 heteroatoms. The van der Waals surface area contributed by atoms with Crippen LogP contribution in [0.3, 0.4) is 0 Å². The molecular formula is C9H7Br2NO2. The Hall–Kier alpha value is -0.550. The Kier molecular flexibility index (Phi) is 2.31. The van der Waals surface area contributed by atoms with Gasteiger partial charge in [-0.2, -0.15) is 0 Å². The largest absolute Gasteiger partial charge is 0.496 e. The summed E-state index contributed by atoms with van der Waals surface area (Å²) >= 11 is 6.65. The second kappa shape index (κ2) is 3.24. The number of ether oxygens (including phenoxy) is 1. The maximum absolute atomic E-state index is 11.6. The average Bonchev–Trinajstić information content (AvgIpc) is 2.38. The fraction of sp³-hybridized carbons (Fsp3) is 0.222. The predicted molar refractivity (Wildman–Crippen MR) is 61.2 cm³/mol. The van der Waals surface area contributed by atoms with E-state index in [-0.39, 0.29) is 5.91 Å². The van der Waals surface area contributed by atoms with Crippen molar-refractivity contribution in [2.45, 2.75) is 3.23 Å². The molecule has 0 bridgehead atoms. The first-order valence-electron chi connectivity index (χ1n) is 3.94. The quantitative estimate of drug-likeness (QED) is 0.808. The van der Waals surface area contributed by atoms with Gasteiger partial charge in [0.2, 0.25) is 0 Å². The van der Waals surface area contributed by atoms with Crippen molar-refractivity contribution in [3.8, 4) is 5.75 Å². The molecule has 74 valence electrons. The standard InChI is InChI=1S/C9H7Br2NO2/c1-14-6-4-2-3-5-7(6)9(10,11)8(13)12-5/h2-4H,1H3,(H,12,13). The Morgan fingerprint density at radius 1 is 1.43 bits per heavy atom. The molecule has 0 saturated heterocycles. The Morgan fingerprint density at radius 2 is 2.14 bits per heavy atom. The van der Waals surface area contributed by atoms with Gasteiger partial charge in [-0.1, -0.05) is 37.9 Å². The molecule has 2 rings (SSSR count). The van der Waals surface area contributed by atoms with Gasteiger partial charge in [0.15, 0.2) is 3.23 Å². The number of rotatable bonds is 1. The number of carbonyl (C=O) groups excluding carboxylic acids is 1. The molecule has 0 unspecified atom stereocenters. The van der Waals surface area contributed by atoms with E-state index in [1.807, 2.05) is 18.2 Å². The third-order valence-electron chi connectivity index (χ3n) is 2.09. The first-order valence-corrected chi connectivity index (χ1v) is 5.52. The number of hydrogen-bond donors (Lipinski definition) is 1. The van der Waals surface area contributed by atoms with Gasteiger partial charge in [0.1, 0.15) is 5.75 Å². The van der Waals surface area contributed by atoms with Crippen molar-refractivity contribution in [3.05, 3.63) is 23.8 Å². The molecule has 1 aromatic rings. The van der Waals surface area contributed by atoms with Crippen molar-refractivity contribution in [2.24, 2.45) is 0 Å². The zero-order valence-corrected chi connectivity index (χ0v) is 10.5. The number of anilines is 1. The zero-order valence-electron chi connectivity index (χ0n) is 7.30. The molecule has 0 fully saturated rings.